The summed E-state index contributed by atoms with van der Waals surface area (Å²) in [5, 5.41) is 6.98. The molecule has 4 bridgehead atoms. The molecule has 252 valence electrons. The largest absolute Gasteiger partial charge is 0.392 e. The van der Waals surface area contributed by atoms with E-state index in [2.05, 4.69) is 58.2 Å². The number of hydrogen-bond donors (Lipinski definition) is 2. The molecule has 4 aliphatic carbocycles. The van der Waals surface area contributed by atoms with Crippen molar-refractivity contribution in [2.45, 2.75) is 74.7 Å². The fourth-order valence-electron chi connectivity index (χ4n) is 7.46. The summed E-state index contributed by atoms with van der Waals surface area (Å²) >= 11 is 0. The van der Waals surface area contributed by atoms with Gasteiger partial charge in [0.05, 0.1) is 17.1 Å². The van der Waals surface area contributed by atoms with Gasteiger partial charge in [-0.25, -0.2) is 8.42 Å². The summed E-state index contributed by atoms with van der Waals surface area (Å²) in [6.07, 6.45) is 10.8. The standard InChI is InChI=1S/C37H42N4O6S/c1-3-24-22-37(24,36(44)40-48(45,46)26-15-16-26)38-34(42)31-20-25-21-32(31)35(43)41(2)18-10-6-4-5-7-11-23-14-17-28-27-12-8-9-13-29(27)33(39-47-25)30(28)19-23/h3,7-9,11-14,17,19,24-26,31-32H,1,4-6,10,15-16,18,20-22H2,2H3,(H,38,42)(H,40,44)/b11-7+,39-33+/t24-,25-,31-,32-,37-/m1/s1. The smallest absolute Gasteiger partial charge is 0.259 e. The number of sulfonamides is 1. The molecule has 0 spiro atoms. The topological polar surface area (TPSA) is 134 Å². The number of oxime groups is 1. The molecule has 1 aliphatic heterocycles. The molecule has 2 N–H and O–H groups in total. The molecule has 5 atom stereocenters. The van der Waals surface area contributed by atoms with Crippen molar-refractivity contribution >= 4 is 39.5 Å². The lowest BCUT2D eigenvalue weighted by molar-refractivity contribution is -0.140. The zero-order chi connectivity index (χ0) is 33.6. The minimum absolute atomic E-state index is 0.151. The maximum absolute atomic E-state index is 14.0. The van der Waals surface area contributed by atoms with Gasteiger partial charge < -0.3 is 15.1 Å². The van der Waals surface area contributed by atoms with Crippen LogP contribution in [0.3, 0.4) is 0 Å². The number of rotatable bonds is 6. The van der Waals surface area contributed by atoms with Gasteiger partial charge in [0, 0.05) is 30.6 Å². The first-order valence-corrected chi connectivity index (χ1v) is 18.6. The van der Waals surface area contributed by atoms with Gasteiger partial charge in [-0.3, -0.25) is 19.1 Å². The van der Waals surface area contributed by atoms with E-state index in [1.807, 2.05) is 18.2 Å². The van der Waals surface area contributed by atoms with Crippen LogP contribution >= 0.6 is 0 Å². The number of nitrogens with zero attached hydrogens (tertiary/aromatic N) is 2. The van der Waals surface area contributed by atoms with Crippen LogP contribution in [0.1, 0.15) is 74.5 Å². The number of benzene rings is 2. The minimum Gasteiger partial charge on any atom is -0.392 e. The monoisotopic (exact) mass is 670 g/mol. The lowest BCUT2D eigenvalue weighted by atomic mass is 9.93. The van der Waals surface area contributed by atoms with E-state index >= 15 is 0 Å². The summed E-state index contributed by atoms with van der Waals surface area (Å²) in [7, 11) is -2.05. The van der Waals surface area contributed by atoms with Gasteiger partial charge >= 0.3 is 0 Å². The van der Waals surface area contributed by atoms with E-state index in [0.717, 1.165) is 53.5 Å². The molecule has 10 nitrogen and oxygen atoms in total. The molecule has 2 aromatic rings. The second-order valence-corrected chi connectivity index (χ2v) is 15.9. The second-order valence-electron chi connectivity index (χ2n) is 13.9. The number of nitrogens with one attached hydrogen (secondary N) is 2. The van der Waals surface area contributed by atoms with E-state index in [1.165, 1.54) is 0 Å². The Balaban J connectivity index is 1.17. The molecule has 7 rings (SSSR count). The normalized spacial score (nSPS) is 30.1. The average molecular weight is 671 g/mol. The van der Waals surface area contributed by atoms with Crippen molar-refractivity contribution in [3.8, 4) is 11.1 Å². The van der Waals surface area contributed by atoms with Crippen molar-refractivity contribution in [1.82, 2.24) is 14.9 Å². The van der Waals surface area contributed by atoms with Gasteiger partial charge in [0.1, 0.15) is 17.4 Å². The van der Waals surface area contributed by atoms with Crippen LogP contribution in [0.5, 0.6) is 0 Å². The van der Waals surface area contributed by atoms with Gasteiger partial charge in [0.25, 0.3) is 5.91 Å². The number of hydrogen-bond acceptors (Lipinski definition) is 7. The predicted molar refractivity (Wildman–Crippen MR) is 183 cm³/mol. The molecular weight excluding hydrogens is 628 g/mol. The van der Waals surface area contributed by atoms with Crippen LogP contribution in [0, 0.1) is 17.8 Å². The lowest BCUT2D eigenvalue weighted by Crippen LogP contribution is -2.54. The highest BCUT2D eigenvalue weighted by Crippen LogP contribution is 2.46. The Morgan fingerprint density at radius 1 is 1.04 bits per heavy atom. The Bertz CT molecular complexity index is 1830. The van der Waals surface area contributed by atoms with Crippen molar-refractivity contribution in [1.29, 1.82) is 0 Å². The molecule has 1 heterocycles. The molecule has 0 saturated heterocycles. The molecule has 2 aromatic carbocycles. The molecule has 48 heavy (non-hydrogen) atoms. The third-order valence-corrected chi connectivity index (χ3v) is 12.4. The number of fused-ring (bicyclic) bond motifs is 6. The van der Waals surface area contributed by atoms with Gasteiger partial charge in [-0.2, -0.15) is 0 Å². The van der Waals surface area contributed by atoms with Crippen LogP contribution < -0.4 is 10.0 Å². The van der Waals surface area contributed by atoms with Crippen molar-refractivity contribution in [2.24, 2.45) is 22.9 Å². The number of amides is 3. The zero-order valence-electron chi connectivity index (χ0n) is 27.2. The van der Waals surface area contributed by atoms with Gasteiger partial charge in [-0.15, -0.1) is 6.58 Å². The highest BCUT2D eigenvalue weighted by Gasteiger charge is 2.62. The van der Waals surface area contributed by atoms with Gasteiger partial charge in [0.15, 0.2) is 0 Å². The summed E-state index contributed by atoms with van der Waals surface area (Å²) in [6, 6.07) is 14.4. The summed E-state index contributed by atoms with van der Waals surface area (Å²) in [5.41, 5.74) is 4.45. The van der Waals surface area contributed by atoms with Crippen LogP contribution in [0.15, 0.2) is 66.4 Å². The van der Waals surface area contributed by atoms with E-state index in [0.29, 0.717) is 25.1 Å². The highest BCUT2D eigenvalue weighted by molar-refractivity contribution is 7.91. The SMILES string of the molecule is C=C[C@@H]1C[C@]1(NC(=O)[C@@H]1C[C@@H]2C[C@H]1C(=O)N(C)CCCCC/C=C/c1ccc3c(c1)/C(=N/O2)c1ccccc1-3)C(=O)NS(=O)(=O)C1CC1. The zero-order valence-corrected chi connectivity index (χ0v) is 28.0. The van der Waals surface area contributed by atoms with E-state index in [4.69, 9.17) is 4.84 Å². The van der Waals surface area contributed by atoms with Crippen molar-refractivity contribution in [2.75, 3.05) is 13.6 Å². The first kappa shape index (κ1) is 32.3. The third kappa shape index (κ3) is 6.08. The quantitative estimate of drug-likeness (QED) is 0.370. The van der Waals surface area contributed by atoms with Gasteiger partial charge in [-0.1, -0.05) is 66.2 Å². The lowest BCUT2D eigenvalue weighted by Gasteiger charge is -2.26. The molecule has 3 saturated carbocycles. The van der Waals surface area contributed by atoms with Crippen molar-refractivity contribution in [3.05, 3.63) is 77.9 Å². The van der Waals surface area contributed by atoms with Crippen LogP contribution in [0.2, 0.25) is 0 Å². The fourth-order valence-corrected chi connectivity index (χ4v) is 8.82. The highest BCUT2D eigenvalue weighted by atomic mass is 32.2. The second kappa shape index (κ2) is 12.7. The molecule has 5 aliphatic rings. The van der Waals surface area contributed by atoms with Crippen LogP contribution in [0.4, 0.5) is 0 Å². The molecule has 0 radical (unpaired) electrons. The Morgan fingerprint density at radius 3 is 2.56 bits per heavy atom. The fraction of sp³-hybridized carbons (Fsp3) is 0.459. The first-order chi connectivity index (χ1) is 23.1. The van der Waals surface area contributed by atoms with Crippen molar-refractivity contribution < 1.29 is 27.6 Å². The Morgan fingerprint density at radius 2 is 1.81 bits per heavy atom. The van der Waals surface area contributed by atoms with Gasteiger partial charge in [0.2, 0.25) is 21.8 Å². The van der Waals surface area contributed by atoms with E-state index in [9.17, 15) is 22.8 Å². The minimum atomic E-state index is -3.81. The summed E-state index contributed by atoms with van der Waals surface area (Å²) < 4.78 is 27.4. The Labute approximate surface area is 281 Å². The van der Waals surface area contributed by atoms with Crippen LogP contribution in [-0.2, 0) is 29.2 Å². The van der Waals surface area contributed by atoms with Gasteiger partial charge in [-0.05, 0) is 74.1 Å². The molecule has 3 amide bonds. The number of carbonyl (C=O) groups is 3. The summed E-state index contributed by atoms with van der Waals surface area (Å²) in [4.78, 5) is 49.2. The Hall–Kier alpha value is -4.25. The summed E-state index contributed by atoms with van der Waals surface area (Å²) in [6.45, 7) is 4.35. The maximum atomic E-state index is 14.0. The summed E-state index contributed by atoms with van der Waals surface area (Å²) in [5.74, 6) is -3.27. The number of carbonyl (C=O) groups excluding carboxylic acids is 3. The van der Waals surface area contributed by atoms with E-state index < -0.39 is 56.5 Å². The van der Waals surface area contributed by atoms with E-state index in [-0.39, 0.29) is 25.2 Å². The van der Waals surface area contributed by atoms with Crippen molar-refractivity contribution in [3.63, 3.8) is 0 Å². The average Bonchev–Trinajstić information content (AvgIpc) is 3.99. The molecule has 3 fully saturated rings. The van der Waals surface area contributed by atoms with Crippen LogP contribution in [-0.4, -0.2) is 67.2 Å². The predicted octanol–water partition coefficient (Wildman–Crippen LogP) is 4.55. The molecular formula is C37H42N4O6S. The third-order valence-electron chi connectivity index (χ3n) is 10.5. The Kier molecular flexibility index (Phi) is 8.51. The van der Waals surface area contributed by atoms with E-state index in [1.54, 1.807) is 18.0 Å². The molecule has 0 unspecified atom stereocenters. The van der Waals surface area contributed by atoms with Crippen LogP contribution in [0.25, 0.3) is 17.2 Å². The first-order valence-electron chi connectivity index (χ1n) is 17.0. The molecule has 0 aromatic heterocycles. The molecule has 11 heteroatoms. The number of allylic oxidation sites excluding steroid dienone is 1. The maximum Gasteiger partial charge on any atom is 0.259 e.